The van der Waals surface area contributed by atoms with Crippen LogP contribution in [0.4, 0.5) is 5.82 Å². The van der Waals surface area contributed by atoms with Crippen LogP contribution in [0.25, 0.3) is 0 Å². The number of nitrogens with zero attached hydrogens (tertiary/aromatic N) is 4. The van der Waals surface area contributed by atoms with Crippen molar-refractivity contribution in [1.82, 2.24) is 20.6 Å². The smallest absolute Gasteiger partial charge is 0.191 e. The number of nitrogens with one attached hydrogen (secondary N) is 2. The molecule has 7 nitrogen and oxygen atoms in total. The van der Waals surface area contributed by atoms with Gasteiger partial charge in [-0.15, -0.1) is 35.3 Å². The second-order valence-corrected chi connectivity index (χ2v) is 8.03. The molecule has 0 amide bonds. The summed E-state index contributed by atoms with van der Waals surface area (Å²) in [4.78, 5) is 16.9. The highest BCUT2D eigenvalue weighted by molar-refractivity contribution is 14.0. The maximum atomic E-state index is 5.62. The number of halogens is 1. The fourth-order valence-electron chi connectivity index (χ4n) is 3.09. The number of aromatic nitrogens is 2. The van der Waals surface area contributed by atoms with E-state index in [1.54, 1.807) is 18.4 Å². The molecule has 0 spiro atoms. The normalized spacial score (nSPS) is 17.0. The van der Waals surface area contributed by atoms with Crippen molar-refractivity contribution in [3.05, 3.63) is 40.0 Å². The minimum atomic E-state index is 0. The summed E-state index contributed by atoms with van der Waals surface area (Å²) >= 11 is 1.79. The standard InChI is InChI=1S/C20H30N6OS.HI/c1-4-17-13-24-19(28-17)6-8-23-20(21-3)25-12-16-5-7-22-18(11-16)26-9-10-27-15(2)14-26;/h5,7,11,13,15H,4,6,8-10,12,14H2,1-3H3,(H2,21,23,25);1H. The third-order valence-electron chi connectivity index (χ3n) is 4.64. The summed E-state index contributed by atoms with van der Waals surface area (Å²) in [5, 5.41) is 7.91. The third kappa shape index (κ3) is 7.38. The molecule has 1 unspecified atom stereocenters. The van der Waals surface area contributed by atoms with Crippen molar-refractivity contribution in [3.63, 3.8) is 0 Å². The summed E-state index contributed by atoms with van der Waals surface area (Å²) in [5.41, 5.74) is 1.18. The van der Waals surface area contributed by atoms with Crippen molar-refractivity contribution in [2.45, 2.75) is 39.3 Å². The van der Waals surface area contributed by atoms with Crippen molar-refractivity contribution in [3.8, 4) is 0 Å². The van der Waals surface area contributed by atoms with E-state index in [2.05, 4.69) is 50.4 Å². The van der Waals surface area contributed by atoms with Gasteiger partial charge in [0.1, 0.15) is 5.82 Å². The molecule has 0 aliphatic carbocycles. The third-order valence-corrected chi connectivity index (χ3v) is 5.84. The van der Waals surface area contributed by atoms with E-state index in [1.165, 1.54) is 15.4 Å². The second-order valence-electron chi connectivity index (χ2n) is 6.83. The van der Waals surface area contributed by atoms with Crippen LogP contribution < -0.4 is 15.5 Å². The zero-order valence-electron chi connectivity index (χ0n) is 17.4. The number of anilines is 1. The predicted octanol–water partition coefficient (Wildman–Crippen LogP) is 2.85. The lowest BCUT2D eigenvalue weighted by molar-refractivity contribution is 0.0529. The summed E-state index contributed by atoms with van der Waals surface area (Å²) in [6, 6.07) is 4.18. The van der Waals surface area contributed by atoms with Gasteiger partial charge in [-0.25, -0.2) is 9.97 Å². The zero-order valence-corrected chi connectivity index (χ0v) is 20.5. The average Bonchev–Trinajstić information content (AvgIpc) is 3.19. The van der Waals surface area contributed by atoms with Gasteiger partial charge in [-0.2, -0.15) is 0 Å². The largest absolute Gasteiger partial charge is 0.375 e. The molecule has 29 heavy (non-hydrogen) atoms. The Morgan fingerprint density at radius 1 is 1.38 bits per heavy atom. The molecule has 1 atom stereocenters. The number of hydrogen-bond donors (Lipinski definition) is 2. The minimum Gasteiger partial charge on any atom is -0.375 e. The van der Waals surface area contributed by atoms with E-state index in [4.69, 9.17) is 4.74 Å². The summed E-state index contributed by atoms with van der Waals surface area (Å²) in [7, 11) is 1.79. The van der Waals surface area contributed by atoms with Crippen LogP contribution in [-0.4, -0.2) is 55.3 Å². The molecule has 1 aliphatic heterocycles. The Balaban J connectivity index is 0.00000300. The van der Waals surface area contributed by atoms with Crippen LogP contribution in [0.5, 0.6) is 0 Å². The number of morpholine rings is 1. The van der Waals surface area contributed by atoms with Gasteiger partial charge in [-0.1, -0.05) is 6.92 Å². The molecule has 0 aromatic carbocycles. The Morgan fingerprint density at radius 2 is 2.24 bits per heavy atom. The molecule has 9 heteroatoms. The van der Waals surface area contributed by atoms with Crippen molar-refractivity contribution in [2.75, 3.05) is 38.2 Å². The molecular weight excluding hydrogens is 499 g/mol. The Labute approximate surface area is 194 Å². The summed E-state index contributed by atoms with van der Waals surface area (Å²) in [5.74, 6) is 1.80. The van der Waals surface area contributed by atoms with Crippen LogP contribution in [0, 0.1) is 0 Å². The number of rotatable bonds is 7. The van der Waals surface area contributed by atoms with Gasteiger partial charge in [0.25, 0.3) is 0 Å². The Morgan fingerprint density at radius 3 is 2.97 bits per heavy atom. The number of aryl methyl sites for hydroxylation is 1. The Bertz CT molecular complexity index is 784. The van der Waals surface area contributed by atoms with Crippen molar-refractivity contribution < 1.29 is 4.74 Å². The van der Waals surface area contributed by atoms with Gasteiger partial charge in [0.15, 0.2) is 5.96 Å². The molecule has 3 heterocycles. The van der Waals surface area contributed by atoms with E-state index in [0.29, 0.717) is 6.54 Å². The van der Waals surface area contributed by atoms with E-state index in [0.717, 1.165) is 50.9 Å². The van der Waals surface area contributed by atoms with Gasteiger partial charge in [0.2, 0.25) is 0 Å². The van der Waals surface area contributed by atoms with E-state index in [9.17, 15) is 0 Å². The van der Waals surface area contributed by atoms with E-state index < -0.39 is 0 Å². The van der Waals surface area contributed by atoms with Gasteiger partial charge in [0.05, 0.1) is 17.7 Å². The molecule has 3 rings (SSSR count). The summed E-state index contributed by atoms with van der Waals surface area (Å²) in [6.45, 7) is 8.28. The number of pyridine rings is 1. The van der Waals surface area contributed by atoms with Gasteiger partial charge < -0.3 is 20.3 Å². The lowest BCUT2D eigenvalue weighted by Gasteiger charge is -2.32. The van der Waals surface area contributed by atoms with E-state index in [-0.39, 0.29) is 30.1 Å². The number of ether oxygens (including phenoxy) is 1. The SMILES string of the molecule is CCc1cnc(CCNC(=NC)NCc2ccnc(N3CCOC(C)C3)c2)s1.I. The molecule has 1 fully saturated rings. The van der Waals surface area contributed by atoms with Crippen LogP contribution >= 0.6 is 35.3 Å². The molecule has 1 saturated heterocycles. The molecular formula is C20H31IN6OS. The first-order valence-corrected chi connectivity index (χ1v) is 10.7. The first-order valence-electron chi connectivity index (χ1n) is 9.87. The highest BCUT2D eigenvalue weighted by Gasteiger charge is 2.18. The molecule has 2 N–H and O–H groups in total. The molecule has 160 valence electrons. The van der Waals surface area contributed by atoms with Gasteiger partial charge in [-0.05, 0) is 31.0 Å². The monoisotopic (exact) mass is 530 g/mol. The average molecular weight is 530 g/mol. The van der Waals surface area contributed by atoms with Crippen LogP contribution in [0.15, 0.2) is 29.5 Å². The van der Waals surface area contributed by atoms with Crippen molar-refractivity contribution in [2.24, 2.45) is 4.99 Å². The Kier molecular flexibility index (Phi) is 10.1. The highest BCUT2D eigenvalue weighted by Crippen LogP contribution is 2.16. The second kappa shape index (κ2) is 12.3. The molecule has 2 aromatic heterocycles. The number of aliphatic imine (C=N–C) groups is 1. The fourth-order valence-corrected chi connectivity index (χ4v) is 3.95. The molecule has 1 aliphatic rings. The van der Waals surface area contributed by atoms with E-state index >= 15 is 0 Å². The lowest BCUT2D eigenvalue weighted by Crippen LogP contribution is -2.41. The van der Waals surface area contributed by atoms with Crippen LogP contribution in [0.2, 0.25) is 0 Å². The molecule has 0 bridgehead atoms. The maximum Gasteiger partial charge on any atom is 0.191 e. The highest BCUT2D eigenvalue weighted by atomic mass is 127. The first-order chi connectivity index (χ1) is 13.7. The zero-order chi connectivity index (χ0) is 19.8. The van der Waals surface area contributed by atoms with Gasteiger partial charge in [-0.3, -0.25) is 4.99 Å². The molecule has 2 aromatic rings. The summed E-state index contributed by atoms with van der Waals surface area (Å²) < 4.78 is 5.62. The topological polar surface area (TPSA) is 74.7 Å². The van der Waals surface area contributed by atoms with Crippen LogP contribution in [0.3, 0.4) is 0 Å². The van der Waals surface area contributed by atoms with E-state index in [1.807, 2.05) is 18.5 Å². The Hall–Kier alpha value is -1.46. The maximum absolute atomic E-state index is 5.62. The van der Waals surface area contributed by atoms with Crippen LogP contribution in [0.1, 0.15) is 29.3 Å². The van der Waals surface area contributed by atoms with Crippen molar-refractivity contribution >= 4 is 47.1 Å². The number of thiazole rings is 1. The molecule has 0 saturated carbocycles. The quantitative estimate of drug-likeness (QED) is 0.326. The van der Waals surface area contributed by atoms with Gasteiger partial charge in [0, 0.05) is 56.9 Å². The fraction of sp³-hybridized carbons (Fsp3) is 0.550. The number of hydrogen-bond acceptors (Lipinski definition) is 6. The van der Waals surface area contributed by atoms with Crippen LogP contribution in [-0.2, 0) is 24.1 Å². The first kappa shape index (κ1) is 23.8. The predicted molar refractivity (Wildman–Crippen MR) is 131 cm³/mol. The summed E-state index contributed by atoms with van der Waals surface area (Å²) in [6.07, 6.45) is 6.04. The number of guanidine groups is 1. The lowest BCUT2D eigenvalue weighted by atomic mass is 10.2. The minimum absolute atomic E-state index is 0. The van der Waals surface area contributed by atoms with Gasteiger partial charge >= 0.3 is 0 Å². The molecule has 0 radical (unpaired) electrons. The van der Waals surface area contributed by atoms with Crippen molar-refractivity contribution in [1.29, 1.82) is 0 Å².